The standard InChI is InChI=1S/C12H14F2N4OS/c13-12(14)20-11-3-1-9(2-4-11)15-7-10-8-18(5-6-19)17-16-10/h1-4,8,12,15,19H,5-7H2. The maximum Gasteiger partial charge on any atom is 0.288 e. The molecule has 0 aliphatic heterocycles. The summed E-state index contributed by atoms with van der Waals surface area (Å²) in [7, 11) is 0. The van der Waals surface area contributed by atoms with Gasteiger partial charge in [-0.2, -0.15) is 8.78 Å². The van der Waals surface area contributed by atoms with Crippen molar-refractivity contribution in [1.29, 1.82) is 0 Å². The normalized spacial score (nSPS) is 11.0. The zero-order chi connectivity index (χ0) is 14.4. The van der Waals surface area contributed by atoms with Crippen molar-refractivity contribution in [2.75, 3.05) is 11.9 Å². The fourth-order valence-corrected chi connectivity index (χ4v) is 2.08. The summed E-state index contributed by atoms with van der Waals surface area (Å²) >= 11 is 0.520. The fourth-order valence-electron chi connectivity index (χ4n) is 1.58. The molecule has 0 aliphatic rings. The number of anilines is 1. The molecule has 0 saturated heterocycles. The van der Waals surface area contributed by atoms with Crippen LogP contribution in [-0.2, 0) is 13.1 Å². The first-order valence-electron chi connectivity index (χ1n) is 5.96. The molecule has 0 aliphatic carbocycles. The van der Waals surface area contributed by atoms with E-state index < -0.39 is 5.76 Å². The third-order valence-corrected chi connectivity index (χ3v) is 3.19. The molecule has 0 amide bonds. The van der Waals surface area contributed by atoms with E-state index in [4.69, 9.17) is 5.11 Å². The highest BCUT2D eigenvalue weighted by Crippen LogP contribution is 2.26. The van der Waals surface area contributed by atoms with E-state index in [1.165, 1.54) is 0 Å². The molecular formula is C12H14F2N4OS. The summed E-state index contributed by atoms with van der Waals surface area (Å²) < 4.78 is 25.9. The van der Waals surface area contributed by atoms with Crippen molar-refractivity contribution in [3.05, 3.63) is 36.2 Å². The largest absolute Gasteiger partial charge is 0.394 e. The molecule has 20 heavy (non-hydrogen) atoms. The molecule has 1 aromatic carbocycles. The summed E-state index contributed by atoms with van der Waals surface area (Å²) in [5, 5.41) is 19.7. The van der Waals surface area contributed by atoms with E-state index in [9.17, 15) is 8.78 Å². The Morgan fingerprint density at radius 3 is 2.70 bits per heavy atom. The molecular weight excluding hydrogens is 286 g/mol. The van der Waals surface area contributed by atoms with Gasteiger partial charge in [-0.25, -0.2) is 4.68 Å². The van der Waals surface area contributed by atoms with E-state index in [0.29, 0.717) is 29.7 Å². The van der Waals surface area contributed by atoms with Gasteiger partial charge in [0.2, 0.25) is 0 Å². The number of hydrogen-bond donors (Lipinski definition) is 2. The molecule has 108 valence electrons. The Labute approximate surface area is 119 Å². The quantitative estimate of drug-likeness (QED) is 0.768. The molecule has 0 unspecified atom stereocenters. The lowest BCUT2D eigenvalue weighted by Gasteiger charge is -2.05. The Bertz CT molecular complexity index is 533. The summed E-state index contributed by atoms with van der Waals surface area (Å²) in [6.07, 6.45) is 1.74. The van der Waals surface area contributed by atoms with Gasteiger partial charge in [-0.3, -0.25) is 0 Å². The van der Waals surface area contributed by atoms with Crippen molar-refractivity contribution in [2.24, 2.45) is 0 Å². The number of alkyl halides is 2. The topological polar surface area (TPSA) is 63.0 Å². The second-order valence-electron chi connectivity index (χ2n) is 3.95. The van der Waals surface area contributed by atoms with Gasteiger partial charge in [0, 0.05) is 10.6 Å². The number of hydrogen-bond acceptors (Lipinski definition) is 5. The zero-order valence-electron chi connectivity index (χ0n) is 10.5. The number of nitrogens with zero attached hydrogens (tertiary/aromatic N) is 3. The SMILES string of the molecule is OCCn1cc(CNc2ccc(SC(F)F)cc2)nn1. The molecule has 2 aromatic rings. The molecule has 2 N–H and O–H groups in total. The van der Waals surface area contributed by atoms with Gasteiger partial charge in [0.05, 0.1) is 25.9 Å². The van der Waals surface area contributed by atoms with Crippen LogP contribution in [0.4, 0.5) is 14.5 Å². The Morgan fingerprint density at radius 2 is 2.05 bits per heavy atom. The summed E-state index contributed by atoms with van der Waals surface area (Å²) in [6.45, 7) is 0.902. The summed E-state index contributed by atoms with van der Waals surface area (Å²) in [4.78, 5) is 0.527. The molecule has 0 bridgehead atoms. The van der Waals surface area contributed by atoms with Gasteiger partial charge < -0.3 is 10.4 Å². The summed E-state index contributed by atoms with van der Waals surface area (Å²) in [5.41, 5.74) is 1.56. The van der Waals surface area contributed by atoms with Crippen molar-refractivity contribution >= 4 is 17.4 Å². The van der Waals surface area contributed by atoms with E-state index in [1.54, 1.807) is 35.1 Å². The number of aromatic nitrogens is 3. The number of halogens is 2. The Morgan fingerprint density at radius 1 is 1.30 bits per heavy atom. The number of benzene rings is 1. The van der Waals surface area contributed by atoms with Crippen LogP contribution >= 0.6 is 11.8 Å². The number of rotatable bonds is 7. The van der Waals surface area contributed by atoms with Gasteiger partial charge in [-0.15, -0.1) is 5.10 Å². The van der Waals surface area contributed by atoms with Crippen LogP contribution in [-0.4, -0.2) is 32.5 Å². The van der Waals surface area contributed by atoms with Crippen molar-refractivity contribution in [3.8, 4) is 0 Å². The maximum absolute atomic E-state index is 12.2. The van der Waals surface area contributed by atoms with Crippen LogP contribution in [0.3, 0.4) is 0 Å². The smallest absolute Gasteiger partial charge is 0.288 e. The van der Waals surface area contributed by atoms with E-state index in [-0.39, 0.29) is 6.61 Å². The first kappa shape index (κ1) is 14.7. The van der Waals surface area contributed by atoms with Crippen LogP contribution < -0.4 is 5.32 Å². The first-order valence-corrected chi connectivity index (χ1v) is 6.84. The van der Waals surface area contributed by atoms with Crippen LogP contribution in [0.1, 0.15) is 5.69 Å². The summed E-state index contributed by atoms with van der Waals surface area (Å²) in [6, 6.07) is 6.76. The Kier molecular flexibility index (Phi) is 5.31. The second-order valence-corrected chi connectivity index (χ2v) is 5.02. The third-order valence-electron chi connectivity index (χ3n) is 2.47. The van der Waals surface area contributed by atoms with Crippen LogP contribution in [0.5, 0.6) is 0 Å². The molecule has 0 radical (unpaired) electrons. The fraction of sp³-hybridized carbons (Fsp3) is 0.333. The monoisotopic (exact) mass is 300 g/mol. The van der Waals surface area contributed by atoms with Crippen molar-refractivity contribution in [3.63, 3.8) is 0 Å². The second kappa shape index (κ2) is 7.20. The number of thioether (sulfide) groups is 1. The first-order chi connectivity index (χ1) is 9.67. The minimum absolute atomic E-state index is 0.0134. The minimum atomic E-state index is -2.41. The van der Waals surface area contributed by atoms with Gasteiger partial charge in [0.25, 0.3) is 5.76 Å². The number of nitrogens with one attached hydrogen (secondary N) is 1. The van der Waals surface area contributed by atoms with Crippen molar-refractivity contribution in [2.45, 2.75) is 23.7 Å². The lowest BCUT2D eigenvalue weighted by atomic mass is 10.3. The highest BCUT2D eigenvalue weighted by Gasteiger charge is 2.05. The molecule has 0 saturated carbocycles. The van der Waals surface area contributed by atoms with Crippen LogP contribution in [0.2, 0.25) is 0 Å². The lowest BCUT2D eigenvalue weighted by molar-refractivity contribution is 0.252. The van der Waals surface area contributed by atoms with Crippen LogP contribution in [0.15, 0.2) is 35.4 Å². The van der Waals surface area contributed by atoms with Crippen LogP contribution in [0, 0.1) is 0 Å². The van der Waals surface area contributed by atoms with Gasteiger partial charge in [-0.05, 0) is 24.3 Å². The predicted molar refractivity (Wildman–Crippen MR) is 72.7 cm³/mol. The number of aliphatic hydroxyl groups excluding tert-OH is 1. The predicted octanol–water partition coefficient (Wildman–Crippen LogP) is 2.20. The van der Waals surface area contributed by atoms with E-state index >= 15 is 0 Å². The highest BCUT2D eigenvalue weighted by atomic mass is 32.2. The van der Waals surface area contributed by atoms with Gasteiger partial charge in [-0.1, -0.05) is 17.0 Å². The molecule has 0 spiro atoms. The minimum Gasteiger partial charge on any atom is -0.394 e. The molecule has 0 fully saturated rings. The van der Waals surface area contributed by atoms with Gasteiger partial charge >= 0.3 is 0 Å². The maximum atomic E-state index is 12.2. The van der Waals surface area contributed by atoms with Crippen LogP contribution in [0.25, 0.3) is 0 Å². The molecule has 0 atom stereocenters. The van der Waals surface area contributed by atoms with E-state index in [0.717, 1.165) is 11.4 Å². The zero-order valence-corrected chi connectivity index (χ0v) is 11.4. The lowest BCUT2D eigenvalue weighted by Crippen LogP contribution is -2.02. The average molecular weight is 300 g/mol. The summed E-state index contributed by atoms with van der Waals surface area (Å²) in [5.74, 6) is -2.41. The molecule has 8 heteroatoms. The Hall–Kier alpha value is -1.67. The number of aliphatic hydroxyl groups is 1. The molecule has 1 heterocycles. The molecule has 1 aromatic heterocycles. The van der Waals surface area contributed by atoms with E-state index in [1.807, 2.05) is 0 Å². The third kappa shape index (κ3) is 4.46. The van der Waals surface area contributed by atoms with Gasteiger partial charge in [0.1, 0.15) is 5.69 Å². The highest BCUT2D eigenvalue weighted by molar-refractivity contribution is 7.99. The average Bonchev–Trinajstić information content (AvgIpc) is 2.86. The van der Waals surface area contributed by atoms with E-state index in [2.05, 4.69) is 15.6 Å². The molecule has 2 rings (SSSR count). The van der Waals surface area contributed by atoms with Gasteiger partial charge in [0.15, 0.2) is 0 Å². The van der Waals surface area contributed by atoms with Crippen molar-refractivity contribution < 1.29 is 13.9 Å². The Balaban J connectivity index is 1.86. The van der Waals surface area contributed by atoms with Crippen molar-refractivity contribution in [1.82, 2.24) is 15.0 Å². The molecule has 5 nitrogen and oxygen atoms in total.